The molecule has 11 heavy (non-hydrogen) atoms. The van der Waals surface area contributed by atoms with Crippen molar-refractivity contribution in [1.82, 2.24) is 0 Å². The maximum absolute atomic E-state index is 2.69. The Kier molecular flexibility index (Phi) is 14.6. The third kappa shape index (κ3) is 6.09. The normalized spacial score (nSPS) is 6.73. The van der Waals surface area contributed by atoms with Gasteiger partial charge in [0, 0.05) is 0 Å². The van der Waals surface area contributed by atoms with E-state index in [0.29, 0.717) is 0 Å². The van der Waals surface area contributed by atoms with E-state index in [0.717, 1.165) is 0 Å². The van der Waals surface area contributed by atoms with Gasteiger partial charge in [0.2, 0.25) is 0 Å². The quantitative estimate of drug-likeness (QED) is 0.335. The summed E-state index contributed by atoms with van der Waals surface area (Å²) in [7, 11) is 2.69. The van der Waals surface area contributed by atoms with Gasteiger partial charge >= 0.3 is 20.4 Å². The molecule has 66 valence electrons. The Morgan fingerprint density at radius 2 is 1.55 bits per heavy atom. The summed E-state index contributed by atoms with van der Waals surface area (Å²) in [6, 6.07) is 8.26. The molecule has 0 radical (unpaired) electrons. The van der Waals surface area contributed by atoms with E-state index < -0.39 is 0 Å². The van der Waals surface area contributed by atoms with Gasteiger partial charge in [-0.15, -0.1) is 9.24 Å². The number of rotatable bonds is 0. The molecule has 1 atom stereocenters. The molecule has 0 N–H and O–H groups in total. The first-order chi connectivity index (χ1) is 3.80. The number of hydrogen-bond donors (Lipinski definition) is 0. The molecule has 1 aromatic carbocycles. The average Bonchev–Trinajstić information content (AvgIpc) is 1.77. The molecule has 0 nitrogen and oxygen atoms in total. The Bertz CT molecular complexity index is 173. The van der Waals surface area contributed by atoms with Crippen LogP contribution < -0.4 is 30.1 Å². The van der Waals surface area contributed by atoms with Crippen molar-refractivity contribution in [3.8, 4) is 0 Å². The van der Waals surface area contributed by atoms with Crippen LogP contribution in [0.4, 0.5) is 0 Å². The molecule has 0 saturated heterocycles. The summed E-state index contributed by atoms with van der Waals surface area (Å²) in [5, 5.41) is 1.28. The van der Waals surface area contributed by atoms with Crippen molar-refractivity contribution in [3.05, 3.63) is 29.8 Å². The number of hydrogen-bond acceptors (Lipinski definition) is 0. The van der Waals surface area contributed by atoms with E-state index in [-0.39, 0.29) is 45.2 Å². The van der Waals surface area contributed by atoms with E-state index in [1.807, 2.05) is 12.1 Å². The summed E-state index contributed by atoms with van der Waals surface area (Å²) >= 11 is 0. The van der Waals surface area contributed by atoms with Crippen LogP contribution in [0.5, 0.6) is 0 Å². The van der Waals surface area contributed by atoms with Crippen LogP contribution in [0.15, 0.2) is 24.3 Å². The maximum Gasteiger partial charge on any atom is 2.00 e. The predicted octanol–water partition coefficient (Wildman–Crippen LogP) is -4.50. The van der Waals surface area contributed by atoms with Gasteiger partial charge < -0.3 is 24.8 Å². The van der Waals surface area contributed by atoms with Gasteiger partial charge in [0.1, 0.15) is 0 Å². The minimum Gasteiger partial charge on any atom is -1.00 e. The zero-order valence-corrected chi connectivity index (χ0v) is 10.2. The Morgan fingerprint density at radius 3 is 1.82 bits per heavy atom. The fraction of sp³-hybridized carbons (Fsp3) is 0.143. The van der Waals surface area contributed by atoms with Gasteiger partial charge in [-0.25, -0.2) is 0 Å². The molecule has 0 aliphatic rings. The predicted molar refractivity (Wildman–Crippen MR) is 40.5 cm³/mol. The van der Waals surface area contributed by atoms with Crippen LogP contribution in [0.2, 0.25) is 0 Å². The van der Waals surface area contributed by atoms with Gasteiger partial charge in [-0.1, -0.05) is 24.3 Å². The zero-order chi connectivity index (χ0) is 5.98. The van der Waals surface area contributed by atoms with Gasteiger partial charge in [-0.2, -0.15) is 0 Å². The van der Waals surface area contributed by atoms with Crippen LogP contribution in [0.25, 0.3) is 0 Å². The fourth-order valence-electron chi connectivity index (χ4n) is 0.587. The second-order valence-corrected chi connectivity index (χ2v) is 2.48. The molecule has 0 heterocycles. The molecule has 1 unspecified atom stereocenters. The molecule has 0 aliphatic carbocycles. The molecule has 1 aromatic rings. The van der Waals surface area contributed by atoms with Crippen LogP contribution in [0.3, 0.4) is 0 Å². The van der Waals surface area contributed by atoms with Crippen LogP contribution in [0, 0.1) is 6.92 Å². The van der Waals surface area contributed by atoms with Crippen molar-refractivity contribution in [2.75, 3.05) is 0 Å². The van der Waals surface area contributed by atoms with Crippen LogP contribution in [0.1, 0.15) is 5.56 Å². The average molecular weight is 301 g/mol. The summed E-state index contributed by atoms with van der Waals surface area (Å²) < 4.78 is 0. The molecule has 1 rings (SSSR count). The van der Waals surface area contributed by atoms with E-state index in [9.17, 15) is 0 Å². The fourth-order valence-corrected chi connectivity index (χ4v) is 0.794. The largest absolute Gasteiger partial charge is 2.00 e. The van der Waals surface area contributed by atoms with Crippen molar-refractivity contribution in [2.45, 2.75) is 6.92 Å². The summed E-state index contributed by atoms with van der Waals surface area (Å²) in [6.45, 7) is 2.10. The monoisotopic (exact) mass is 300 g/mol. The second-order valence-electron chi connectivity index (χ2n) is 1.86. The zero-order valence-electron chi connectivity index (χ0n) is 5.96. The van der Waals surface area contributed by atoms with Crippen molar-refractivity contribution in [2.24, 2.45) is 0 Å². The first-order valence-electron chi connectivity index (χ1n) is 2.62. The molecule has 0 saturated carbocycles. The number of benzene rings is 1. The third-order valence-corrected chi connectivity index (χ3v) is 1.84. The Balaban J connectivity index is -0.000000213. The first-order valence-corrected chi connectivity index (χ1v) is 3.19. The standard InChI is InChI=1S/C7H9P.2ClH.Pd/c1-6-4-2-3-5-7(6)8;;;/h2-5H,8H2,1H3;2*1H;/q;;;+2/p-2. The van der Waals surface area contributed by atoms with Crippen molar-refractivity contribution >= 4 is 14.5 Å². The Hall–Kier alpha value is 0.892. The van der Waals surface area contributed by atoms with Gasteiger partial charge in [-0.3, -0.25) is 0 Å². The first kappa shape index (κ1) is 17.8. The minimum absolute atomic E-state index is 0. The molecule has 0 aromatic heterocycles. The Morgan fingerprint density at radius 1 is 1.09 bits per heavy atom. The minimum atomic E-state index is 0. The third-order valence-electron chi connectivity index (χ3n) is 1.19. The molecule has 0 amide bonds. The van der Waals surface area contributed by atoms with Crippen LogP contribution in [-0.2, 0) is 20.4 Å². The summed E-state index contributed by atoms with van der Waals surface area (Å²) in [5.74, 6) is 0. The van der Waals surface area contributed by atoms with Crippen molar-refractivity contribution in [1.29, 1.82) is 0 Å². The summed E-state index contributed by atoms with van der Waals surface area (Å²) in [6.07, 6.45) is 0. The van der Waals surface area contributed by atoms with E-state index >= 15 is 0 Å². The van der Waals surface area contributed by atoms with E-state index in [1.54, 1.807) is 0 Å². The molecule has 0 bridgehead atoms. The molecule has 4 heteroatoms. The molecular formula is C7H9Cl2PPd. The van der Waals surface area contributed by atoms with Crippen molar-refractivity contribution in [3.63, 3.8) is 0 Å². The van der Waals surface area contributed by atoms with E-state index in [4.69, 9.17) is 0 Å². The SMILES string of the molecule is Cc1ccccc1P.[Cl-].[Cl-].[Pd+2]. The van der Waals surface area contributed by atoms with E-state index in [1.165, 1.54) is 10.9 Å². The van der Waals surface area contributed by atoms with Gasteiger partial charge in [0.15, 0.2) is 0 Å². The van der Waals surface area contributed by atoms with Crippen LogP contribution in [-0.4, -0.2) is 0 Å². The van der Waals surface area contributed by atoms with Gasteiger partial charge in [0.05, 0.1) is 0 Å². The second kappa shape index (κ2) is 8.98. The van der Waals surface area contributed by atoms with Gasteiger partial charge in [0.25, 0.3) is 0 Å². The molecule has 0 spiro atoms. The van der Waals surface area contributed by atoms with Crippen LogP contribution >= 0.6 is 9.24 Å². The topological polar surface area (TPSA) is 0 Å². The smallest absolute Gasteiger partial charge is 1.00 e. The van der Waals surface area contributed by atoms with E-state index in [2.05, 4.69) is 28.3 Å². The summed E-state index contributed by atoms with van der Waals surface area (Å²) in [4.78, 5) is 0. The van der Waals surface area contributed by atoms with Gasteiger partial charge in [-0.05, 0) is 17.8 Å². The van der Waals surface area contributed by atoms with Crippen molar-refractivity contribution < 1.29 is 45.2 Å². The molecule has 0 aliphatic heterocycles. The summed E-state index contributed by atoms with van der Waals surface area (Å²) in [5.41, 5.74) is 1.33. The number of aryl methyl sites for hydroxylation is 1. The molecule has 0 fully saturated rings. The number of halogens is 2. The maximum atomic E-state index is 2.69. The molecular weight excluding hydrogens is 292 g/mol. The Labute approximate surface area is 96.2 Å².